The molecule has 0 spiro atoms. The molecule has 0 unspecified atom stereocenters. The van der Waals surface area contributed by atoms with Crippen molar-refractivity contribution in [2.75, 3.05) is 17.6 Å². The van der Waals surface area contributed by atoms with Gasteiger partial charge >= 0.3 is 0 Å². The summed E-state index contributed by atoms with van der Waals surface area (Å²) < 4.78 is 0.751. The second-order valence-electron chi connectivity index (χ2n) is 6.09. The first-order valence-corrected chi connectivity index (χ1v) is 10.6. The number of hydrogen-bond acceptors (Lipinski definition) is 9. The monoisotopic (exact) mass is 435 g/mol. The van der Waals surface area contributed by atoms with Crippen LogP contribution in [0.1, 0.15) is 46.9 Å². The van der Waals surface area contributed by atoms with E-state index >= 15 is 0 Å². The fraction of sp³-hybridized carbons (Fsp3) is 0.353. The molecule has 0 saturated carbocycles. The molecule has 2 aromatic rings. The summed E-state index contributed by atoms with van der Waals surface area (Å²) in [6.07, 6.45) is 1.98. The zero-order valence-corrected chi connectivity index (χ0v) is 17.0. The summed E-state index contributed by atoms with van der Waals surface area (Å²) in [4.78, 5) is 48.3. The van der Waals surface area contributed by atoms with Crippen molar-refractivity contribution in [1.82, 2.24) is 15.1 Å². The van der Waals surface area contributed by atoms with Gasteiger partial charge in [0, 0.05) is 24.8 Å². The van der Waals surface area contributed by atoms with Crippen molar-refractivity contribution in [1.29, 1.82) is 0 Å². The number of nitrogens with zero attached hydrogens (tertiary/aromatic N) is 4. The standard InChI is InChI=1S/C17H17N5O5S2/c1-2-3-9-28-17-20-19-16(29-17)18-12(23)7-8-21-14(24)10-5-4-6-11(22(26)27)13(10)15(21)25/h4-6H,2-3,7-9H2,1H3,(H,18,19,23). The molecule has 0 fully saturated rings. The van der Waals surface area contributed by atoms with E-state index in [2.05, 4.69) is 22.4 Å². The lowest BCUT2D eigenvalue weighted by molar-refractivity contribution is -0.385. The van der Waals surface area contributed by atoms with Crippen LogP contribution in [-0.4, -0.2) is 50.0 Å². The Morgan fingerprint density at radius 1 is 1.31 bits per heavy atom. The highest BCUT2D eigenvalue weighted by Crippen LogP contribution is 2.31. The number of unbranched alkanes of at least 4 members (excludes halogenated alkanes) is 1. The van der Waals surface area contributed by atoms with Crippen LogP contribution in [0, 0.1) is 10.1 Å². The highest BCUT2D eigenvalue weighted by atomic mass is 32.2. The highest BCUT2D eigenvalue weighted by molar-refractivity contribution is 8.01. The van der Waals surface area contributed by atoms with Crippen LogP contribution < -0.4 is 5.32 Å². The second-order valence-corrected chi connectivity index (χ2v) is 8.41. The Labute approximate surface area is 173 Å². The number of amides is 3. The summed E-state index contributed by atoms with van der Waals surface area (Å²) in [5.74, 6) is -0.926. The smallest absolute Gasteiger partial charge is 0.282 e. The lowest BCUT2D eigenvalue weighted by Crippen LogP contribution is -2.33. The molecule has 1 aromatic carbocycles. The van der Waals surface area contributed by atoms with Gasteiger partial charge in [0.2, 0.25) is 11.0 Å². The van der Waals surface area contributed by atoms with Crippen LogP contribution in [0.25, 0.3) is 0 Å². The zero-order valence-electron chi connectivity index (χ0n) is 15.4. The second kappa shape index (κ2) is 9.09. The number of imide groups is 1. The molecule has 0 bridgehead atoms. The van der Waals surface area contributed by atoms with Gasteiger partial charge in [0.15, 0.2) is 4.34 Å². The average molecular weight is 435 g/mol. The van der Waals surface area contributed by atoms with Gasteiger partial charge in [-0.1, -0.05) is 42.5 Å². The molecule has 1 aliphatic rings. The highest BCUT2D eigenvalue weighted by Gasteiger charge is 2.40. The summed E-state index contributed by atoms with van der Waals surface area (Å²) in [6.45, 7) is 1.91. The van der Waals surface area contributed by atoms with Crippen LogP contribution in [0.5, 0.6) is 0 Å². The number of nitro groups is 1. The van der Waals surface area contributed by atoms with Gasteiger partial charge in [0.25, 0.3) is 17.5 Å². The molecule has 0 radical (unpaired) electrons. The minimum atomic E-state index is -0.768. The Morgan fingerprint density at radius 3 is 2.83 bits per heavy atom. The van der Waals surface area contributed by atoms with Gasteiger partial charge in [-0.3, -0.25) is 29.4 Å². The van der Waals surface area contributed by atoms with E-state index in [-0.39, 0.29) is 24.1 Å². The van der Waals surface area contributed by atoms with Crippen LogP contribution in [0.4, 0.5) is 10.8 Å². The van der Waals surface area contributed by atoms with E-state index in [4.69, 9.17) is 0 Å². The minimum absolute atomic E-state index is 0.0255. The quantitative estimate of drug-likeness (QED) is 0.159. The van der Waals surface area contributed by atoms with Crippen LogP contribution in [0.15, 0.2) is 22.5 Å². The van der Waals surface area contributed by atoms with E-state index in [1.54, 1.807) is 11.8 Å². The molecular weight excluding hydrogens is 418 g/mol. The van der Waals surface area contributed by atoms with E-state index in [0.29, 0.717) is 5.13 Å². The molecule has 2 heterocycles. The Balaban J connectivity index is 1.58. The molecule has 152 valence electrons. The van der Waals surface area contributed by atoms with Gasteiger partial charge in [-0.15, -0.1) is 10.2 Å². The van der Waals surface area contributed by atoms with Crippen molar-refractivity contribution >= 4 is 51.6 Å². The number of rotatable bonds is 9. The first-order valence-electron chi connectivity index (χ1n) is 8.82. The molecule has 0 aliphatic carbocycles. The maximum absolute atomic E-state index is 12.5. The third kappa shape index (κ3) is 4.59. The number of carbonyl (C=O) groups excluding carboxylic acids is 3. The van der Waals surface area contributed by atoms with E-state index in [0.717, 1.165) is 27.8 Å². The van der Waals surface area contributed by atoms with Gasteiger partial charge in [-0.05, 0) is 12.5 Å². The van der Waals surface area contributed by atoms with Crippen molar-refractivity contribution in [2.45, 2.75) is 30.5 Å². The summed E-state index contributed by atoms with van der Waals surface area (Å²) in [6, 6.07) is 3.89. The van der Waals surface area contributed by atoms with Crippen LogP contribution in [0.2, 0.25) is 0 Å². The molecule has 1 aromatic heterocycles. The molecule has 3 amide bonds. The van der Waals surface area contributed by atoms with Gasteiger partial charge in [-0.25, -0.2) is 0 Å². The first-order chi connectivity index (χ1) is 13.9. The average Bonchev–Trinajstić information content (AvgIpc) is 3.23. The van der Waals surface area contributed by atoms with Crippen LogP contribution >= 0.6 is 23.1 Å². The van der Waals surface area contributed by atoms with E-state index in [1.807, 2.05) is 0 Å². The molecule has 3 rings (SSSR count). The molecular formula is C17H17N5O5S2. The molecule has 0 atom stereocenters. The SMILES string of the molecule is CCCCSc1nnc(NC(=O)CCN2C(=O)c3cccc([N+](=O)[O-])c3C2=O)s1. The van der Waals surface area contributed by atoms with Crippen molar-refractivity contribution in [3.05, 3.63) is 39.4 Å². The van der Waals surface area contributed by atoms with E-state index < -0.39 is 28.3 Å². The number of benzene rings is 1. The van der Waals surface area contributed by atoms with Crippen molar-refractivity contribution in [3.63, 3.8) is 0 Å². The van der Waals surface area contributed by atoms with Gasteiger partial charge in [0.1, 0.15) is 5.56 Å². The lowest BCUT2D eigenvalue weighted by Gasteiger charge is -2.12. The minimum Gasteiger partial charge on any atom is -0.300 e. The molecule has 0 saturated heterocycles. The number of hydrogen-bond donors (Lipinski definition) is 1. The summed E-state index contributed by atoms with van der Waals surface area (Å²) >= 11 is 2.82. The predicted octanol–water partition coefficient (Wildman–Crippen LogP) is 2.96. The molecule has 10 nitrogen and oxygen atoms in total. The maximum Gasteiger partial charge on any atom is 0.282 e. The van der Waals surface area contributed by atoms with Crippen molar-refractivity contribution in [2.24, 2.45) is 0 Å². The molecule has 12 heteroatoms. The fourth-order valence-electron chi connectivity index (χ4n) is 2.69. The van der Waals surface area contributed by atoms with E-state index in [1.165, 1.54) is 29.5 Å². The fourth-order valence-corrected chi connectivity index (χ4v) is 4.61. The van der Waals surface area contributed by atoms with Gasteiger partial charge < -0.3 is 5.32 Å². The van der Waals surface area contributed by atoms with Gasteiger partial charge in [-0.2, -0.15) is 0 Å². The summed E-state index contributed by atoms with van der Waals surface area (Å²) in [5.41, 5.74) is -0.682. The number of carbonyl (C=O) groups is 3. The largest absolute Gasteiger partial charge is 0.300 e. The van der Waals surface area contributed by atoms with Crippen LogP contribution in [-0.2, 0) is 4.79 Å². The van der Waals surface area contributed by atoms with Crippen molar-refractivity contribution in [3.8, 4) is 0 Å². The third-order valence-electron chi connectivity index (χ3n) is 4.11. The summed E-state index contributed by atoms with van der Waals surface area (Å²) in [5, 5.41) is 21.9. The predicted molar refractivity (Wildman–Crippen MR) is 107 cm³/mol. The number of thioether (sulfide) groups is 1. The third-order valence-corrected chi connectivity index (χ3v) is 6.17. The summed E-state index contributed by atoms with van der Waals surface area (Å²) in [7, 11) is 0. The molecule has 1 aliphatic heterocycles. The molecule has 1 N–H and O–H groups in total. The van der Waals surface area contributed by atoms with Gasteiger partial charge in [0.05, 0.1) is 10.5 Å². The maximum atomic E-state index is 12.5. The number of nitro benzene ring substituents is 1. The Hall–Kier alpha value is -2.86. The van der Waals surface area contributed by atoms with Crippen LogP contribution in [0.3, 0.4) is 0 Å². The Morgan fingerprint density at radius 2 is 2.10 bits per heavy atom. The topological polar surface area (TPSA) is 135 Å². The van der Waals surface area contributed by atoms with E-state index in [9.17, 15) is 24.5 Å². The number of nitrogens with one attached hydrogen (secondary N) is 1. The Kier molecular flexibility index (Phi) is 6.54. The number of aromatic nitrogens is 2. The lowest BCUT2D eigenvalue weighted by atomic mass is 10.1. The normalized spacial score (nSPS) is 12.9. The van der Waals surface area contributed by atoms with Crippen molar-refractivity contribution < 1.29 is 19.3 Å². The number of anilines is 1. The number of fused-ring (bicyclic) bond motifs is 1. The first kappa shape index (κ1) is 20.9. The zero-order chi connectivity index (χ0) is 21.0. The Bertz CT molecular complexity index is 977. The molecule has 29 heavy (non-hydrogen) atoms.